The normalized spacial score (nSPS) is 12.4. The number of amides is 2. The molecular formula is C16H22N2O4. The van der Waals surface area contributed by atoms with Gasteiger partial charge in [-0.3, -0.25) is 14.4 Å². The molecule has 1 rings (SSSR count). The molecule has 22 heavy (non-hydrogen) atoms. The Labute approximate surface area is 129 Å². The lowest BCUT2D eigenvalue weighted by Crippen LogP contribution is -2.43. The second kappa shape index (κ2) is 7.70. The molecule has 0 radical (unpaired) electrons. The average Bonchev–Trinajstić information content (AvgIpc) is 2.46. The van der Waals surface area contributed by atoms with E-state index in [0.29, 0.717) is 5.69 Å². The van der Waals surface area contributed by atoms with Crippen LogP contribution in [0.4, 0.5) is 5.69 Å². The number of aliphatic hydroxyl groups excluding tert-OH is 1. The van der Waals surface area contributed by atoms with Gasteiger partial charge >= 0.3 is 0 Å². The van der Waals surface area contributed by atoms with Crippen LogP contribution in [0.15, 0.2) is 30.3 Å². The number of benzene rings is 1. The largest absolute Gasteiger partial charge is 0.383 e. The van der Waals surface area contributed by atoms with Crippen molar-refractivity contribution in [3.05, 3.63) is 30.3 Å². The first-order valence-electron chi connectivity index (χ1n) is 7.07. The van der Waals surface area contributed by atoms with Gasteiger partial charge in [-0.15, -0.1) is 0 Å². The Morgan fingerprint density at radius 3 is 2.27 bits per heavy atom. The molecule has 0 saturated heterocycles. The third kappa shape index (κ3) is 5.65. The van der Waals surface area contributed by atoms with Gasteiger partial charge < -0.3 is 15.7 Å². The zero-order valence-electron chi connectivity index (χ0n) is 13.1. The second-order valence-electron chi connectivity index (χ2n) is 6.05. The van der Waals surface area contributed by atoms with E-state index in [-0.39, 0.29) is 13.0 Å². The van der Waals surface area contributed by atoms with Gasteiger partial charge in [0.1, 0.15) is 6.10 Å². The molecule has 0 aliphatic heterocycles. The number of ketones is 1. The number of rotatable bonds is 6. The molecule has 0 heterocycles. The van der Waals surface area contributed by atoms with Crippen molar-refractivity contribution in [1.82, 2.24) is 5.32 Å². The Hall–Kier alpha value is -2.21. The molecule has 1 unspecified atom stereocenters. The van der Waals surface area contributed by atoms with Crippen molar-refractivity contribution in [2.24, 2.45) is 5.41 Å². The maximum atomic E-state index is 11.7. The number of carbonyl (C=O) groups is 3. The van der Waals surface area contributed by atoms with E-state index in [2.05, 4.69) is 10.6 Å². The minimum absolute atomic E-state index is 0.00696. The van der Waals surface area contributed by atoms with Gasteiger partial charge in [0.05, 0.1) is 0 Å². The highest BCUT2D eigenvalue weighted by Gasteiger charge is 2.28. The maximum absolute atomic E-state index is 11.7. The Balaban J connectivity index is 2.37. The molecule has 1 aromatic rings. The molecule has 6 heteroatoms. The Kier molecular flexibility index (Phi) is 6.24. The van der Waals surface area contributed by atoms with E-state index in [1.807, 2.05) is 0 Å². The van der Waals surface area contributed by atoms with Crippen molar-refractivity contribution in [1.29, 1.82) is 0 Å². The summed E-state index contributed by atoms with van der Waals surface area (Å²) in [6.45, 7) is 5.20. The number of aliphatic hydroxyl groups is 1. The highest BCUT2D eigenvalue weighted by molar-refractivity contribution is 6.40. The predicted molar refractivity (Wildman–Crippen MR) is 83.2 cm³/mol. The van der Waals surface area contributed by atoms with Gasteiger partial charge in [-0.1, -0.05) is 39.0 Å². The van der Waals surface area contributed by atoms with E-state index in [9.17, 15) is 19.5 Å². The van der Waals surface area contributed by atoms with Crippen LogP contribution in [0.2, 0.25) is 0 Å². The molecule has 120 valence electrons. The monoisotopic (exact) mass is 306 g/mol. The van der Waals surface area contributed by atoms with E-state index < -0.39 is 29.1 Å². The van der Waals surface area contributed by atoms with E-state index in [0.717, 1.165) is 0 Å². The molecule has 0 aliphatic rings. The van der Waals surface area contributed by atoms with Gasteiger partial charge in [0.2, 0.25) is 11.7 Å². The lowest BCUT2D eigenvalue weighted by Gasteiger charge is -2.24. The number of carbonyl (C=O) groups excluding carboxylic acids is 3. The topological polar surface area (TPSA) is 95.5 Å². The van der Waals surface area contributed by atoms with Gasteiger partial charge in [0, 0.05) is 18.7 Å². The van der Waals surface area contributed by atoms with Crippen molar-refractivity contribution >= 4 is 23.3 Å². The third-order valence-corrected chi connectivity index (χ3v) is 3.00. The fourth-order valence-electron chi connectivity index (χ4n) is 1.63. The molecule has 3 N–H and O–H groups in total. The Morgan fingerprint density at radius 2 is 1.73 bits per heavy atom. The van der Waals surface area contributed by atoms with E-state index in [1.54, 1.807) is 51.1 Å². The van der Waals surface area contributed by atoms with Gasteiger partial charge in [-0.25, -0.2) is 0 Å². The summed E-state index contributed by atoms with van der Waals surface area (Å²) in [5.41, 5.74) is -0.0493. The predicted octanol–water partition coefficient (Wildman–Crippen LogP) is 1.11. The number of nitrogens with one attached hydrogen (secondary N) is 2. The number of hydrogen-bond acceptors (Lipinski definition) is 4. The molecule has 2 amide bonds. The second-order valence-corrected chi connectivity index (χ2v) is 6.05. The minimum atomic E-state index is -1.17. The summed E-state index contributed by atoms with van der Waals surface area (Å²) in [6, 6.07) is 8.63. The molecule has 0 bridgehead atoms. The lowest BCUT2D eigenvalue weighted by atomic mass is 9.88. The zero-order chi connectivity index (χ0) is 16.8. The van der Waals surface area contributed by atoms with Crippen LogP contribution in [0.3, 0.4) is 0 Å². The van der Waals surface area contributed by atoms with Crippen LogP contribution in [-0.4, -0.2) is 35.4 Å². The molecular weight excluding hydrogens is 284 g/mol. The van der Waals surface area contributed by atoms with E-state index in [1.165, 1.54) is 0 Å². The SMILES string of the molecule is CC(C)(C)C(O)C(=O)NCCC(=O)C(=O)Nc1ccccc1. The van der Waals surface area contributed by atoms with Gasteiger partial charge in [-0.2, -0.15) is 0 Å². The third-order valence-electron chi connectivity index (χ3n) is 3.00. The van der Waals surface area contributed by atoms with Crippen LogP contribution in [-0.2, 0) is 14.4 Å². The van der Waals surface area contributed by atoms with Crippen molar-refractivity contribution in [3.8, 4) is 0 Å². The first kappa shape index (κ1) is 17.8. The van der Waals surface area contributed by atoms with Crippen LogP contribution in [0.5, 0.6) is 0 Å². The highest BCUT2D eigenvalue weighted by Crippen LogP contribution is 2.18. The summed E-state index contributed by atoms with van der Waals surface area (Å²) >= 11 is 0. The van der Waals surface area contributed by atoms with Crippen molar-refractivity contribution < 1.29 is 19.5 Å². The number of anilines is 1. The van der Waals surface area contributed by atoms with Crippen molar-refractivity contribution in [3.63, 3.8) is 0 Å². The zero-order valence-corrected chi connectivity index (χ0v) is 13.1. The summed E-state index contributed by atoms with van der Waals surface area (Å²) < 4.78 is 0. The van der Waals surface area contributed by atoms with Crippen LogP contribution < -0.4 is 10.6 Å². The standard InChI is InChI=1S/C16H22N2O4/c1-16(2,3)13(20)15(22)17-10-9-12(19)14(21)18-11-7-5-4-6-8-11/h4-8,13,20H,9-10H2,1-3H3,(H,17,22)(H,18,21). The molecule has 0 aromatic heterocycles. The summed E-state index contributed by atoms with van der Waals surface area (Å²) in [7, 11) is 0. The van der Waals surface area contributed by atoms with Gasteiger partial charge in [0.15, 0.2) is 0 Å². The Bertz CT molecular complexity index is 535. The van der Waals surface area contributed by atoms with Crippen molar-refractivity contribution in [2.45, 2.75) is 33.3 Å². The summed E-state index contributed by atoms with van der Waals surface area (Å²) in [5.74, 6) is -1.91. The molecule has 0 spiro atoms. The number of para-hydroxylation sites is 1. The summed E-state index contributed by atoms with van der Waals surface area (Å²) in [5, 5.41) is 14.7. The fourth-order valence-corrected chi connectivity index (χ4v) is 1.63. The first-order valence-corrected chi connectivity index (χ1v) is 7.07. The van der Waals surface area contributed by atoms with Gasteiger partial charge in [-0.05, 0) is 17.5 Å². The molecule has 1 atom stereocenters. The molecule has 1 aromatic carbocycles. The lowest BCUT2D eigenvalue weighted by molar-refractivity contribution is -0.136. The van der Waals surface area contributed by atoms with E-state index in [4.69, 9.17) is 0 Å². The van der Waals surface area contributed by atoms with Crippen LogP contribution in [0, 0.1) is 5.41 Å². The van der Waals surface area contributed by atoms with E-state index >= 15 is 0 Å². The number of Topliss-reactive ketones (excluding diaryl/α,β-unsaturated/α-hetero) is 1. The summed E-state index contributed by atoms with van der Waals surface area (Å²) in [6.07, 6.45) is -1.29. The molecule has 6 nitrogen and oxygen atoms in total. The minimum Gasteiger partial charge on any atom is -0.383 e. The molecule has 0 saturated carbocycles. The molecule has 0 aliphatic carbocycles. The van der Waals surface area contributed by atoms with Crippen LogP contribution >= 0.6 is 0 Å². The van der Waals surface area contributed by atoms with Crippen LogP contribution in [0.1, 0.15) is 27.2 Å². The van der Waals surface area contributed by atoms with Crippen LogP contribution in [0.25, 0.3) is 0 Å². The van der Waals surface area contributed by atoms with Gasteiger partial charge in [0.25, 0.3) is 5.91 Å². The first-order chi connectivity index (χ1) is 10.2. The Morgan fingerprint density at radius 1 is 1.14 bits per heavy atom. The van der Waals surface area contributed by atoms with Crippen molar-refractivity contribution in [2.75, 3.05) is 11.9 Å². The maximum Gasteiger partial charge on any atom is 0.291 e. The number of hydrogen-bond donors (Lipinski definition) is 3. The highest BCUT2D eigenvalue weighted by atomic mass is 16.3. The quantitative estimate of drug-likeness (QED) is 0.686. The summed E-state index contributed by atoms with van der Waals surface area (Å²) in [4.78, 5) is 35.0. The fraction of sp³-hybridized carbons (Fsp3) is 0.438. The smallest absolute Gasteiger partial charge is 0.291 e. The average molecular weight is 306 g/mol. The molecule has 0 fully saturated rings.